The molecule has 0 spiro atoms. The minimum Gasteiger partial charge on any atom is -0.382 e. The fraction of sp³-hybridized carbons (Fsp3) is 0.600. The predicted octanol–water partition coefficient (Wildman–Crippen LogP) is -0.146. The summed E-state index contributed by atoms with van der Waals surface area (Å²) in [7, 11) is 4.86. The van der Waals surface area contributed by atoms with E-state index in [2.05, 4.69) is 10.3 Å². The second kappa shape index (κ2) is 6.24. The summed E-state index contributed by atoms with van der Waals surface area (Å²) in [6, 6.07) is -0.0631. The molecule has 1 aromatic heterocycles. The lowest BCUT2D eigenvalue weighted by Crippen LogP contribution is -2.33. The Morgan fingerprint density at radius 3 is 2.62 bits per heavy atom. The number of methoxy groups -OCH3 is 2. The number of anilines is 1. The Hall–Kier alpha value is -1.40. The molecule has 0 saturated heterocycles. The molecule has 6 nitrogen and oxygen atoms in total. The first-order valence-corrected chi connectivity index (χ1v) is 4.94. The number of aromatic nitrogens is 2. The average Bonchev–Trinajstić information content (AvgIpc) is 2.25. The number of aryl methyl sites for hydroxylation is 1. The second-order valence-corrected chi connectivity index (χ2v) is 3.48. The molecule has 0 fully saturated rings. The maximum absolute atomic E-state index is 11.7. The third-order valence-corrected chi connectivity index (χ3v) is 2.09. The van der Waals surface area contributed by atoms with E-state index in [0.717, 1.165) is 0 Å². The summed E-state index contributed by atoms with van der Waals surface area (Å²) in [6.45, 7) is 0.928. The molecule has 90 valence electrons. The lowest BCUT2D eigenvalue weighted by molar-refractivity contribution is 0.126. The van der Waals surface area contributed by atoms with Crippen LogP contribution in [0.3, 0.4) is 0 Å². The second-order valence-electron chi connectivity index (χ2n) is 3.48. The molecular formula is C10H17N3O3. The molecule has 1 rings (SSSR count). The Balaban J connectivity index is 2.76. The van der Waals surface area contributed by atoms with Crippen LogP contribution in [0.5, 0.6) is 0 Å². The number of ether oxygens (including phenoxy) is 2. The minimum absolute atomic E-state index is 0.0631. The van der Waals surface area contributed by atoms with E-state index in [0.29, 0.717) is 18.9 Å². The molecular weight excluding hydrogens is 210 g/mol. The van der Waals surface area contributed by atoms with Gasteiger partial charge in [0.25, 0.3) is 5.56 Å². The maximum Gasteiger partial charge on any atom is 0.276 e. The Bertz CT molecular complexity index is 372. The molecule has 0 aromatic carbocycles. The number of nitrogens with zero attached hydrogens (tertiary/aromatic N) is 2. The van der Waals surface area contributed by atoms with Gasteiger partial charge in [-0.25, -0.2) is 4.98 Å². The third kappa shape index (κ3) is 3.32. The summed E-state index contributed by atoms with van der Waals surface area (Å²) in [5.41, 5.74) is 0.330. The van der Waals surface area contributed by atoms with Crippen LogP contribution in [0.1, 0.15) is 0 Å². The Kier molecular flexibility index (Phi) is 4.94. The van der Waals surface area contributed by atoms with Crippen LogP contribution < -0.4 is 10.9 Å². The van der Waals surface area contributed by atoms with Gasteiger partial charge in [0.1, 0.15) is 5.69 Å². The smallest absolute Gasteiger partial charge is 0.276 e. The fourth-order valence-corrected chi connectivity index (χ4v) is 1.36. The molecule has 16 heavy (non-hydrogen) atoms. The van der Waals surface area contributed by atoms with Gasteiger partial charge in [-0.2, -0.15) is 0 Å². The first-order valence-electron chi connectivity index (χ1n) is 4.94. The first kappa shape index (κ1) is 12.7. The Morgan fingerprint density at radius 1 is 1.44 bits per heavy atom. The normalized spacial score (nSPS) is 10.8. The molecule has 0 bridgehead atoms. The summed E-state index contributed by atoms with van der Waals surface area (Å²) in [5.74, 6) is 0. The molecule has 0 aliphatic heterocycles. The van der Waals surface area contributed by atoms with Gasteiger partial charge in [0.2, 0.25) is 0 Å². The first-order chi connectivity index (χ1) is 7.69. The van der Waals surface area contributed by atoms with Crippen molar-refractivity contribution < 1.29 is 9.47 Å². The van der Waals surface area contributed by atoms with Crippen LogP contribution in [0, 0.1) is 0 Å². The summed E-state index contributed by atoms with van der Waals surface area (Å²) in [5, 5.41) is 3.04. The maximum atomic E-state index is 11.7. The molecule has 0 radical (unpaired) electrons. The lowest BCUT2D eigenvalue weighted by atomic mass is 10.3. The summed E-state index contributed by atoms with van der Waals surface area (Å²) >= 11 is 0. The van der Waals surface area contributed by atoms with Gasteiger partial charge in [-0.15, -0.1) is 0 Å². The van der Waals surface area contributed by atoms with Gasteiger partial charge in [-0.05, 0) is 0 Å². The van der Waals surface area contributed by atoms with Gasteiger partial charge in [0, 0.05) is 21.3 Å². The quantitative estimate of drug-likeness (QED) is 0.732. The van der Waals surface area contributed by atoms with Crippen LogP contribution in [-0.4, -0.2) is 43.0 Å². The van der Waals surface area contributed by atoms with Crippen LogP contribution in [0.15, 0.2) is 17.3 Å². The van der Waals surface area contributed by atoms with E-state index in [1.807, 2.05) is 0 Å². The molecule has 0 amide bonds. The number of rotatable bonds is 6. The van der Waals surface area contributed by atoms with Crippen LogP contribution in [-0.2, 0) is 16.5 Å². The molecule has 0 atom stereocenters. The summed E-state index contributed by atoms with van der Waals surface area (Å²) in [4.78, 5) is 15.6. The molecule has 0 unspecified atom stereocenters. The average molecular weight is 227 g/mol. The van der Waals surface area contributed by atoms with E-state index in [-0.39, 0.29) is 11.6 Å². The van der Waals surface area contributed by atoms with E-state index >= 15 is 0 Å². The monoisotopic (exact) mass is 227 g/mol. The fourth-order valence-electron chi connectivity index (χ4n) is 1.36. The van der Waals surface area contributed by atoms with Crippen molar-refractivity contribution in [2.24, 2.45) is 7.05 Å². The van der Waals surface area contributed by atoms with E-state index in [4.69, 9.17) is 9.47 Å². The van der Waals surface area contributed by atoms with Crippen LogP contribution in [0.2, 0.25) is 0 Å². The van der Waals surface area contributed by atoms with Gasteiger partial charge in [-0.1, -0.05) is 0 Å². The Morgan fingerprint density at radius 2 is 2.06 bits per heavy atom. The molecule has 1 N–H and O–H groups in total. The van der Waals surface area contributed by atoms with E-state index in [1.165, 1.54) is 17.1 Å². The molecule has 1 aromatic rings. The van der Waals surface area contributed by atoms with Crippen molar-refractivity contribution >= 4 is 5.69 Å². The van der Waals surface area contributed by atoms with Crippen LogP contribution in [0.4, 0.5) is 5.69 Å². The molecule has 6 heteroatoms. The van der Waals surface area contributed by atoms with Gasteiger partial charge >= 0.3 is 0 Å². The Labute approximate surface area is 94.2 Å². The lowest BCUT2D eigenvalue weighted by Gasteiger charge is -2.17. The number of hydrogen-bond acceptors (Lipinski definition) is 5. The summed E-state index contributed by atoms with van der Waals surface area (Å²) in [6.07, 6.45) is 2.97. The van der Waals surface area contributed by atoms with Crippen molar-refractivity contribution in [3.63, 3.8) is 0 Å². The third-order valence-electron chi connectivity index (χ3n) is 2.09. The van der Waals surface area contributed by atoms with Gasteiger partial charge in [0.15, 0.2) is 0 Å². The minimum atomic E-state index is -0.118. The van der Waals surface area contributed by atoms with Crippen LogP contribution in [0.25, 0.3) is 0 Å². The zero-order valence-corrected chi connectivity index (χ0v) is 9.77. The molecule has 0 saturated carbocycles. The highest BCUT2D eigenvalue weighted by Gasteiger charge is 2.10. The predicted molar refractivity (Wildman–Crippen MR) is 60.6 cm³/mol. The van der Waals surface area contributed by atoms with Gasteiger partial charge in [-0.3, -0.25) is 4.79 Å². The largest absolute Gasteiger partial charge is 0.382 e. The zero-order chi connectivity index (χ0) is 12.0. The number of nitrogens with one attached hydrogen (secondary N) is 1. The van der Waals surface area contributed by atoms with Crippen molar-refractivity contribution in [2.75, 3.05) is 32.8 Å². The van der Waals surface area contributed by atoms with E-state index in [9.17, 15) is 4.79 Å². The van der Waals surface area contributed by atoms with Crippen molar-refractivity contribution in [3.8, 4) is 0 Å². The number of hydrogen-bond donors (Lipinski definition) is 1. The molecule has 0 aliphatic rings. The van der Waals surface area contributed by atoms with Crippen molar-refractivity contribution in [3.05, 3.63) is 22.9 Å². The van der Waals surface area contributed by atoms with E-state index < -0.39 is 0 Å². The standard InChI is InChI=1S/C10H17N3O3/c1-13-7-11-4-9(10(13)14)12-8(5-15-2)6-16-3/h4,7-8,12H,5-6H2,1-3H3. The van der Waals surface area contributed by atoms with Gasteiger partial charge < -0.3 is 19.4 Å². The van der Waals surface area contributed by atoms with Crippen molar-refractivity contribution in [2.45, 2.75) is 6.04 Å². The SMILES string of the molecule is COCC(COC)Nc1cncn(C)c1=O. The van der Waals surface area contributed by atoms with E-state index in [1.54, 1.807) is 21.3 Å². The summed E-state index contributed by atoms with van der Waals surface area (Å²) < 4.78 is 11.5. The molecule has 0 aliphatic carbocycles. The topological polar surface area (TPSA) is 65.4 Å². The van der Waals surface area contributed by atoms with Gasteiger partial charge in [0.05, 0.1) is 31.8 Å². The molecule has 1 heterocycles. The van der Waals surface area contributed by atoms with Crippen LogP contribution >= 0.6 is 0 Å². The van der Waals surface area contributed by atoms with Crippen molar-refractivity contribution in [1.82, 2.24) is 9.55 Å². The highest BCUT2D eigenvalue weighted by atomic mass is 16.5. The highest BCUT2D eigenvalue weighted by Crippen LogP contribution is 2.00. The highest BCUT2D eigenvalue weighted by molar-refractivity contribution is 5.38. The zero-order valence-electron chi connectivity index (χ0n) is 9.77. The van der Waals surface area contributed by atoms with Crippen molar-refractivity contribution in [1.29, 1.82) is 0 Å².